The molecule has 140 valence electrons. The molecule has 2 aromatic rings. The number of nitrogens with two attached hydrogens (primary N) is 1. The fourth-order valence-electron chi connectivity index (χ4n) is 2.52. The van der Waals surface area contributed by atoms with E-state index in [0.29, 0.717) is 30.5 Å². The summed E-state index contributed by atoms with van der Waals surface area (Å²) < 4.78 is 10.5. The lowest BCUT2D eigenvalue weighted by molar-refractivity contribution is 0.354. The lowest BCUT2D eigenvalue weighted by atomic mass is 10.2. The third-order valence-electron chi connectivity index (χ3n) is 4.28. The van der Waals surface area contributed by atoms with Crippen molar-refractivity contribution in [3.05, 3.63) is 54.1 Å². The Morgan fingerprint density at radius 3 is 2.46 bits per heavy atom. The summed E-state index contributed by atoms with van der Waals surface area (Å²) in [5.41, 5.74) is 8.17. The zero-order valence-corrected chi connectivity index (χ0v) is 15.9. The normalized spacial score (nSPS) is 12.4. The Kier molecular flexibility index (Phi) is 7.14. The van der Waals surface area contributed by atoms with Crippen molar-refractivity contribution in [3.8, 4) is 11.5 Å². The van der Waals surface area contributed by atoms with Crippen molar-refractivity contribution in [1.29, 1.82) is 0 Å². The molecule has 0 aliphatic carbocycles. The van der Waals surface area contributed by atoms with Gasteiger partial charge in [-0.1, -0.05) is 24.3 Å². The third kappa shape index (κ3) is 5.31. The topological polar surface area (TPSA) is 72.1 Å². The van der Waals surface area contributed by atoms with E-state index in [2.05, 4.69) is 41.3 Å². The number of aliphatic imine (C=N–C) groups is 1. The number of methoxy groups -OCH3 is 2. The zero-order chi connectivity index (χ0) is 18.9. The Morgan fingerprint density at radius 1 is 1.12 bits per heavy atom. The monoisotopic (exact) mass is 356 g/mol. The molecule has 0 aliphatic heterocycles. The van der Waals surface area contributed by atoms with Gasteiger partial charge in [0.2, 0.25) is 0 Å². The number of benzene rings is 2. The number of para-hydroxylation sites is 1. The van der Waals surface area contributed by atoms with E-state index in [1.807, 2.05) is 36.4 Å². The van der Waals surface area contributed by atoms with Crippen LogP contribution in [0.3, 0.4) is 0 Å². The van der Waals surface area contributed by atoms with E-state index < -0.39 is 0 Å². The molecule has 2 rings (SSSR count). The van der Waals surface area contributed by atoms with Gasteiger partial charge in [0, 0.05) is 25.3 Å². The highest BCUT2D eigenvalue weighted by molar-refractivity contribution is 5.77. The van der Waals surface area contributed by atoms with Gasteiger partial charge in [0.1, 0.15) is 0 Å². The van der Waals surface area contributed by atoms with Crippen LogP contribution in [0.25, 0.3) is 0 Å². The number of rotatable bonds is 8. The van der Waals surface area contributed by atoms with Crippen LogP contribution in [0, 0.1) is 0 Å². The maximum atomic E-state index is 6.00. The Morgan fingerprint density at radius 2 is 1.81 bits per heavy atom. The van der Waals surface area contributed by atoms with Gasteiger partial charge in [0.25, 0.3) is 0 Å². The molecule has 0 fully saturated rings. The molecule has 0 aliphatic rings. The second-order valence-electron chi connectivity index (χ2n) is 6.07. The van der Waals surface area contributed by atoms with E-state index in [0.717, 1.165) is 5.56 Å². The first-order valence-electron chi connectivity index (χ1n) is 8.57. The van der Waals surface area contributed by atoms with E-state index in [9.17, 15) is 0 Å². The summed E-state index contributed by atoms with van der Waals surface area (Å²) in [4.78, 5) is 6.60. The van der Waals surface area contributed by atoms with E-state index in [1.54, 1.807) is 14.2 Å². The molecule has 0 heterocycles. The van der Waals surface area contributed by atoms with Gasteiger partial charge in [0.15, 0.2) is 17.5 Å². The van der Waals surface area contributed by atoms with Crippen molar-refractivity contribution in [3.63, 3.8) is 0 Å². The standard InChI is InChI=1S/C20H28N4O2/c1-15(24(2)17-8-6-5-7-9-17)13-22-20(21)23-14-16-10-11-18(25-3)19(12-16)26-4/h5-12,15H,13-14H2,1-4H3,(H3,21,22,23). The van der Waals surface area contributed by atoms with Gasteiger partial charge in [-0.15, -0.1) is 0 Å². The molecule has 0 radical (unpaired) electrons. The fourth-order valence-corrected chi connectivity index (χ4v) is 2.52. The first-order valence-corrected chi connectivity index (χ1v) is 8.57. The smallest absolute Gasteiger partial charge is 0.188 e. The van der Waals surface area contributed by atoms with Crippen molar-refractivity contribution in [2.24, 2.45) is 10.7 Å². The quantitative estimate of drug-likeness (QED) is 0.562. The fraction of sp³-hybridized carbons (Fsp3) is 0.350. The Hall–Kier alpha value is -2.89. The summed E-state index contributed by atoms with van der Waals surface area (Å²) in [5, 5.41) is 3.18. The molecule has 0 amide bonds. The average molecular weight is 356 g/mol. The van der Waals surface area contributed by atoms with Crippen LogP contribution in [0.15, 0.2) is 53.5 Å². The van der Waals surface area contributed by atoms with Crippen LogP contribution in [0.1, 0.15) is 12.5 Å². The molecular formula is C20H28N4O2. The van der Waals surface area contributed by atoms with Crippen LogP contribution in [0.5, 0.6) is 11.5 Å². The van der Waals surface area contributed by atoms with Crippen LogP contribution in [-0.2, 0) is 6.54 Å². The Bertz CT molecular complexity index is 719. The van der Waals surface area contributed by atoms with Gasteiger partial charge in [-0.05, 0) is 36.8 Å². The third-order valence-corrected chi connectivity index (χ3v) is 4.28. The van der Waals surface area contributed by atoms with E-state index in [1.165, 1.54) is 5.69 Å². The van der Waals surface area contributed by atoms with E-state index >= 15 is 0 Å². The molecule has 6 nitrogen and oxygen atoms in total. The minimum absolute atomic E-state index is 0.271. The van der Waals surface area contributed by atoms with Crippen molar-refractivity contribution < 1.29 is 9.47 Å². The number of hydrogen-bond donors (Lipinski definition) is 2. The first kappa shape index (κ1) is 19.4. The second kappa shape index (κ2) is 9.56. The summed E-state index contributed by atoms with van der Waals surface area (Å²) in [7, 11) is 5.30. The molecule has 1 atom stereocenters. The molecule has 6 heteroatoms. The molecular weight excluding hydrogens is 328 g/mol. The first-order chi connectivity index (χ1) is 12.5. The number of guanidine groups is 1. The van der Waals surface area contributed by atoms with Crippen molar-refractivity contribution in [2.75, 3.05) is 32.7 Å². The number of likely N-dealkylation sites (N-methyl/N-ethyl adjacent to an activating group) is 1. The summed E-state index contributed by atoms with van der Waals surface area (Å²) in [6.07, 6.45) is 0. The number of ether oxygens (including phenoxy) is 2. The minimum atomic E-state index is 0.271. The lowest BCUT2D eigenvalue weighted by Gasteiger charge is -2.27. The van der Waals surface area contributed by atoms with Crippen LogP contribution in [0.4, 0.5) is 5.69 Å². The summed E-state index contributed by atoms with van der Waals surface area (Å²) in [5.74, 6) is 1.81. The maximum absolute atomic E-state index is 6.00. The highest BCUT2D eigenvalue weighted by atomic mass is 16.5. The SMILES string of the molecule is COc1ccc(CN=C(N)NCC(C)N(C)c2ccccc2)cc1OC. The molecule has 0 saturated heterocycles. The summed E-state index contributed by atoms with van der Waals surface area (Å²) in [6.45, 7) is 3.32. The molecule has 0 spiro atoms. The summed E-state index contributed by atoms with van der Waals surface area (Å²) in [6, 6.07) is 16.2. The van der Waals surface area contributed by atoms with Crippen molar-refractivity contribution in [1.82, 2.24) is 5.32 Å². The molecule has 2 aromatic carbocycles. The van der Waals surface area contributed by atoms with Gasteiger partial charge in [-0.25, -0.2) is 4.99 Å². The number of nitrogens with zero attached hydrogens (tertiary/aromatic N) is 2. The van der Waals surface area contributed by atoms with E-state index in [-0.39, 0.29) is 6.04 Å². The molecule has 3 N–H and O–H groups in total. The zero-order valence-electron chi connectivity index (χ0n) is 15.9. The van der Waals surface area contributed by atoms with Gasteiger partial charge in [-0.2, -0.15) is 0 Å². The van der Waals surface area contributed by atoms with Crippen LogP contribution >= 0.6 is 0 Å². The Balaban J connectivity index is 1.88. The van der Waals surface area contributed by atoms with Crippen LogP contribution in [-0.4, -0.2) is 39.8 Å². The molecule has 26 heavy (non-hydrogen) atoms. The molecule has 1 unspecified atom stereocenters. The number of anilines is 1. The number of nitrogens with one attached hydrogen (secondary N) is 1. The summed E-state index contributed by atoms with van der Waals surface area (Å²) >= 11 is 0. The predicted octanol–water partition coefficient (Wildman–Crippen LogP) is 2.63. The molecule has 0 saturated carbocycles. The van der Waals surface area contributed by atoms with Gasteiger partial charge < -0.3 is 25.4 Å². The Labute approximate surface area is 155 Å². The molecule has 0 aromatic heterocycles. The average Bonchev–Trinajstić information content (AvgIpc) is 2.70. The van der Waals surface area contributed by atoms with E-state index in [4.69, 9.17) is 15.2 Å². The molecule has 0 bridgehead atoms. The van der Waals surface area contributed by atoms with Crippen LogP contribution < -0.4 is 25.4 Å². The highest BCUT2D eigenvalue weighted by Gasteiger charge is 2.10. The highest BCUT2D eigenvalue weighted by Crippen LogP contribution is 2.27. The van der Waals surface area contributed by atoms with Crippen molar-refractivity contribution in [2.45, 2.75) is 19.5 Å². The van der Waals surface area contributed by atoms with Gasteiger partial charge in [0.05, 0.1) is 20.8 Å². The minimum Gasteiger partial charge on any atom is -0.493 e. The second-order valence-corrected chi connectivity index (χ2v) is 6.07. The number of hydrogen-bond acceptors (Lipinski definition) is 4. The predicted molar refractivity (Wildman–Crippen MR) is 107 cm³/mol. The maximum Gasteiger partial charge on any atom is 0.188 e. The van der Waals surface area contributed by atoms with Crippen LogP contribution in [0.2, 0.25) is 0 Å². The largest absolute Gasteiger partial charge is 0.493 e. The van der Waals surface area contributed by atoms with Crippen molar-refractivity contribution >= 4 is 11.6 Å². The van der Waals surface area contributed by atoms with Gasteiger partial charge >= 0.3 is 0 Å². The lowest BCUT2D eigenvalue weighted by Crippen LogP contribution is -2.43. The van der Waals surface area contributed by atoms with Gasteiger partial charge in [-0.3, -0.25) is 0 Å².